The second-order valence-electron chi connectivity index (χ2n) is 4.12. The van der Waals surface area contributed by atoms with Crippen molar-refractivity contribution in [3.63, 3.8) is 0 Å². The predicted molar refractivity (Wildman–Crippen MR) is 67.4 cm³/mol. The van der Waals surface area contributed by atoms with Crippen LogP contribution < -0.4 is 10.6 Å². The molecule has 2 aromatic heterocycles. The molecule has 0 radical (unpaired) electrons. The zero-order valence-electron chi connectivity index (χ0n) is 10.5. The molecule has 0 spiro atoms. The number of hydrogen-bond acceptors (Lipinski definition) is 4. The fourth-order valence-electron chi connectivity index (χ4n) is 1.73. The third kappa shape index (κ3) is 2.33. The summed E-state index contributed by atoms with van der Waals surface area (Å²) in [7, 11) is 3.68. The molecule has 0 unspecified atom stereocenters. The number of rotatable bonds is 4. The molecule has 0 aromatic carbocycles. The lowest BCUT2D eigenvalue weighted by atomic mass is 10.2. The molecule has 2 aromatic rings. The molecule has 0 saturated heterocycles. The number of hydrogen-bond donors (Lipinski definition) is 1. The van der Waals surface area contributed by atoms with Gasteiger partial charge in [0.25, 0.3) is 0 Å². The van der Waals surface area contributed by atoms with Crippen LogP contribution in [-0.2, 0) is 20.1 Å². The Morgan fingerprint density at radius 2 is 2.17 bits per heavy atom. The summed E-state index contributed by atoms with van der Waals surface area (Å²) in [5.41, 5.74) is 5.94. The van der Waals surface area contributed by atoms with E-state index in [2.05, 4.69) is 9.97 Å². The fraction of sp³-hybridized carbons (Fsp3) is 0.333. The van der Waals surface area contributed by atoms with E-state index in [-0.39, 0.29) is 12.4 Å². The van der Waals surface area contributed by atoms with Gasteiger partial charge in [0.2, 0.25) is 0 Å². The number of anilines is 1. The molecule has 0 aliphatic heterocycles. The summed E-state index contributed by atoms with van der Waals surface area (Å²) in [5.74, 6) is 0.773. The highest BCUT2D eigenvalue weighted by Crippen LogP contribution is 2.19. The van der Waals surface area contributed by atoms with E-state index in [4.69, 9.17) is 5.73 Å². The van der Waals surface area contributed by atoms with Crippen molar-refractivity contribution in [3.05, 3.63) is 41.9 Å². The zero-order valence-corrected chi connectivity index (χ0v) is 10.5. The third-order valence-electron chi connectivity index (χ3n) is 2.83. The molecule has 0 amide bonds. The maximum absolute atomic E-state index is 14.0. The van der Waals surface area contributed by atoms with Crippen LogP contribution in [0.4, 0.5) is 10.2 Å². The summed E-state index contributed by atoms with van der Waals surface area (Å²) in [6.07, 6.45) is 5.13. The molecule has 18 heavy (non-hydrogen) atoms. The van der Waals surface area contributed by atoms with Crippen LogP contribution >= 0.6 is 0 Å². The maximum atomic E-state index is 14.0. The molecule has 2 heterocycles. The van der Waals surface area contributed by atoms with E-state index >= 15 is 0 Å². The van der Waals surface area contributed by atoms with E-state index in [1.54, 1.807) is 30.4 Å². The van der Waals surface area contributed by atoms with Gasteiger partial charge in [0.1, 0.15) is 5.82 Å². The van der Waals surface area contributed by atoms with Gasteiger partial charge in [-0.1, -0.05) is 0 Å². The smallest absolute Gasteiger partial charge is 0.170 e. The molecule has 5 nitrogen and oxygen atoms in total. The lowest BCUT2D eigenvalue weighted by Crippen LogP contribution is -2.22. The Morgan fingerprint density at radius 1 is 1.39 bits per heavy atom. The molecule has 6 heteroatoms. The third-order valence-corrected chi connectivity index (χ3v) is 2.83. The molecule has 0 fully saturated rings. The number of nitrogens with two attached hydrogens (primary N) is 1. The van der Waals surface area contributed by atoms with E-state index in [9.17, 15) is 4.39 Å². The highest BCUT2D eigenvalue weighted by Gasteiger charge is 2.14. The minimum atomic E-state index is -0.364. The largest absolute Gasteiger partial charge is 0.350 e. The molecule has 0 bridgehead atoms. The Morgan fingerprint density at radius 3 is 2.78 bits per heavy atom. The predicted octanol–water partition coefficient (Wildman–Crippen LogP) is 1.05. The van der Waals surface area contributed by atoms with Crippen molar-refractivity contribution in [2.24, 2.45) is 12.8 Å². The number of aryl methyl sites for hydroxylation is 1. The first-order valence-corrected chi connectivity index (χ1v) is 5.64. The molecular weight excluding hydrogens is 233 g/mol. The van der Waals surface area contributed by atoms with Crippen LogP contribution in [0.1, 0.15) is 11.4 Å². The van der Waals surface area contributed by atoms with Crippen molar-refractivity contribution < 1.29 is 4.39 Å². The molecule has 0 aliphatic carbocycles. The summed E-state index contributed by atoms with van der Waals surface area (Å²) in [6.45, 7) is 0.652. The second-order valence-corrected chi connectivity index (χ2v) is 4.12. The van der Waals surface area contributed by atoms with Crippen molar-refractivity contribution >= 4 is 5.82 Å². The average Bonchev–Trinajstić information content (AvgIpc) is 2.75. The van der Waals surface area contributed by atoms with Gasteiger partial charge in [-0.15, -0.1) is 0 Å². The van der Waals surface area contributed by atoms with Gasteiger partial charge in [-0.05, 0) is 6.07 Å². The molecule has 2 N–H and O–H groups in total. The highest BCUT2D eigenvalue weighted by molar-refractivity contribution is 5.42. The van der Waals surface area contributed by atoms with E-state index in [1.807, 2.05) is 17.8 Å². The van der Waals surface area contributed by atoms with Crippen LogP contribution in [0, 0.1) is 5.82 Å². The van der Waals surface area contributed by atoms with Crippen LogP contribution in [0.15, 0.2) is 24.7 Å². The first kappa shape index (κ1) is 12.5. The fourth-order valence-corrected chi connectivity index (χ4v) is 1.73. The van der Waals surface area contributed by atoms with Crippen LogP contribution in [0.2, 0.25) is 0 Å². The maximum Gasteiger partial charge on any atom is 0.170 e. The van der Waals surface area contributed by atoms with Crippen LogP contribution in [-0.4, -0.2) is 21.6 Å². The summed E-state index contributed by atoms with van der Waals surface area (Å²) >= 11 is 0. The van der Waals surface area contributed by atoms with Crippen molar-refractivity contribution in [2.45, 2.75) is 13.1 Å². The Balaban J connectivity index is 2.24. The lowest BCUT2D eigenvalue weighted by Gasteiger charge is -2.19. The Hall–Kier alpha value is -1.95. The van der Waals surface area contributed by atoms with E-state index in [0.29, 0.717) is 17.9 Å². The van der Waals surface area contributed by atoms with Crippen molar-refractivity contribution in [3.8, 4) is 0 Å². The topological polar surface area (TPSA) is 60.0 Å². The molecule has 0 saturated carbocycles. The Labute approximate surface area is 105 Å². The van der Waals surface area contributed by atoms with Crippen molar-refractivity contribution in [1.82, 2.24) is 14.5 Å². The van der Waals surface area contributed by atoms with Crippen molar-refractivity contribution in [2.75, 3.05) is 11.9 Å². The minimum absolute atomic E-state index is 0.164. The first-order valence-electron chi connectivity index (χ1n) is 5.64. The van der Waals surface area contributed by atoms with Gasteiger partial charge >= 0.3 is 0 Å². The Kier molecular flexibility index (Phi) is 3.57. The molecule has 0 atom stereocenters. The van der Waals surface area contributed by atoms with Gasteiger partial charge in [-0.2, -0.15) is 0 Å². The molecular formula is C12H16FN5. The van der Waals surface area contributed by atoms with Crippen molar-refractivity contribution in [1.29, 1.82) is 0 Å². The van der Waals surface area contributed by atoms with Crippen LogP contribution in [0.5, 0.6) is 0 Å². The SMILES string of the molecule is CN(Cc1nccn1C)c1nccc(CN)c1F. The van der Waals surface area contributed by atoms with Gasteiger partial charge in [-0.3, -0.25) is 0 Å². The summed E-state index contributed by atoms with van der Waals surface area (Å²) in [6, 6.07) is 1.59. The van der Waals surface area contributed by atoms with Gasteiger partial charge in [0, 0.05) is 44.8 Å². The summed E-state index contributed by atoms with van der Waals surface area (Å²) < 4.78 is 15.9. The summed E-state index contributed by atoms with van der Waals surface area (Å²) in [5, 5.41) is 0. The zero-order chi connectivity index (χ0) is 13.1. The average molecular weight is 249 g/mol. The van der Waals surface area contributed by atoms with Crippen LogP contribution in [0.3, 0.4) is 0 Å². The number of imidazole rings is 1. The monoisotopic (exact) mass is 249 g/mol. The van der Waals surface area contributed by atoms with Gasteiger partial charge in [0.15, 0.2) is 11.6 Å². The molecule has 2 rings (SSSR count). The normalized spacial score (nSPS) is 10.7. The van der Waals surface area contributed by atoms with E-state index in [1.165, 1.54) is 0 Å². The highest BCUT2D eigenvalue weighted by atomic mass is 19.1. The molecule has 0 aliphatic rings. The minimum Gasteiger partial charge on any atom is -0.350 e. The summed E-state index contributed by atoms with van der Waals surface area (Å²) in [4.78, 5) is 9.97. The molecule has 96 valence electrons. The number of aromatic nitrogens is 3. The van der Waals surface area contributed by atoms with Gasteiger partial charge < -0.3 is 15.2 Å². The van der Waals surface area contributed by atoms with Crippen LogP contribution in [0.25, 0.3) is 0 Å². The first-order chi connectivity index (χ1) is 8.63. The second kappa shape index (κ2) is 5.14. The lowest BCUT2D eigenvalue weighted by molar-refractivity contribution is 0.595. The quantitative estimate of drug-likeness (QED) is 0.880. The number of nitrogens with zero attached hydrogens (tertiary/aromatic N) is 4. The van der Waals surface area contributed by atoms with Gasteiger partial charge in [0.05, 0.1) is 6.54 Å². The van der Waals surface area contributed by atoms with Gasteiger partial charge in [-0.25, -0.2) is 14.4 Å². The van der Waals surface area contributed by atoms with E-state index < -0.39 is 0 Å². The van der Waals surface area contributed by atoms with E-state index in [0.717, 1.165) is 5.82 Å². The Bertz CT molecular complexity index is 537. The number of halogens is 1. The standard InChI is InChI=1S/C12H16FN5/c1-17-6-5-15-10(17)8-18(2)12-11(13)9(7-14)3-4-16-12/h3-6H,7-8,14H2,1-2H3. The number of pyridine rings is 1.